The van der Waals surface area contributed by atoms with Gasteiger partial charge in [-0.2, -0.15) is 10.5 Å². The Morgan fingerprint density at radius 3 is 2.50 bits per heavy atom. The van der Waals surface area contributed by atoms with Gasteiger partial charge in [0.1, 0.15) is 12.1 Å². The zero-order valence-electron chi connectivity index (χ0n) is 9.27. The second kappa shape index (κ2) is 5.55. The molecule has 0 bridgehead atoms. The molecule has 0 fully saturated rings. The summed E-state index contributed by atoms with van der Waals surface area (Å²) in [5, 5.41) is 20.9. The summed E-state index contributed by atoms with van der Waals surface area (Å²) >= 11 is 7.35. The number of thiophene rings is 1. The number of nitrogens with zero attached hydrogens (tertiary/aromatic N) is 2. The van der Waals surface area contributed by atoms with E-state index in [1.54, 1.807) is 18.2 Å². The molecule has 0 saturated carbocycles. The molecule has 1 aromatic carbocycles. The predicted molar refractivity (Wildman–Crippen MR) is 72.5 cm³/mol. The SMILES string of the molecule is N#Cc1ccc(NCc2ccc(Cl)s2)cc1C#N. The molecular weight excluding hydrogens is 266 g/mol. The van der Waals surface area contributed by atoms with Crippen LogP contribution in [-0.2, 0) is 6.54 Å². The van der Waals surface area contributed by atoms with Gasteiger partial charge in [0.2, 0.25) is 0 Å². The second-order valence-electron chi connectivity index (χ2n) is 3.54. The van der Waals surface area contributed by atoms with Crippen LogP contribution in [0.25, 0.3) is 0 Å². The van der Waals surface area contributed by atoms with Gasteiger partial charge >= 0.3 is 0 Å². The highest BCUT2D eigenvalue weighted by Gasteiger charge is 2.03. The molecule has 1 N–H and O–H groups in total. The van der Waals surface area contributed by atoms with Crippen molar-refractivity contribution in [2.45, 2.75) is 6.54 Å². The first kappa shape index (κ1) is 12.4. The summed E-state index contributed by atoms with van der Waals surface area (Å²) in [6.07, 6.45) is 0. The van der Waals surface area contributed by atoms with Gasteiger partial charge in [0.05, 0.1) is 15.5 Å². The topological polar surface area (TPSA) is 59.6 Å². The summed E-state index contributed by atoms with van der Waals surface area (Å²) in [7, 11) is 0. The van der Waals surface area contributed by atoms with Crippen molar-refractivity contribution in [2.75, 3.05) is 5.32 Å². The highest BCUT2D eigenvalue weighted by Crippen LogP contribution is 2.22. The monoisotopic (exact) mass is 273 g/mol. The summed E-state index contributed by atoms with van der Waals surface area (Å²) in [6.45, 7) is 0.647. The summed E-state index contributed by atoms with van der Waals surface area (Å²) in [6, 6.07) is 12.9. The summed E-state index contributed by atoms with van der Waals surface area (Å²) in [4.78, 5) is 1.11. The second-order valence-corrected chi connectivity index (χ2v) is 5.34. The predicted octanol–water partition coefficient (Wildman–Crippen LogP) is 3.76. The molecule has 0 aliphatic rings. The van der Waals surface area contributed by atoms with Gasteiger partial charge < -0.3 is 5.32 Å². The number of benzene rings is 1. The number of nitrogens with one attached hydrogen (secondary N) is 1. The first-order valence-electron chi connectivity index (χ1n) is 5.15. The largest absolute Gasteiger partial charge is 0.380 e. The summed E-state index contributed by atoms with van der Waals surface area (Å²) < 4.78 is 0.754. The van der Waals surface area contributed by atoms with Gasteiger partial charge in [0.15, 0.2) is 0 Å². The van der Waals surface area contributed by atoms with Gasteiger partial charge in [0, 0.05) is 17.1 Å². The van der Waals surface area contributed by atoms with E-state index in [0.29, 0.717) is 17.7 Å². The van der Waals surface area contributed by atoms with Crippen LogP contribution in [0.2, 0.25) is 4.34 Å². The minimum absolute atomic E-state index is 0.381. The van der Waals surface area contributed by atoms with E-state index in [9.17, 15) is 0 Å². The standard InChI is InChI=1S/C13H8ClN3S/c14-13-4-3-12(18-13)8-17-11-2-1-9(6-15)10(5-11)7-16/h1-5,17H,8H2. The minimum Gasteiger partial charge on any atom is -0.380 e. The van der Waals surface area contributed by atoms with Gasteiger partial charge in [-0.1, -0.05) is 11.6 Å². The van der Waals surface area contributed by atoms with Crippen molar-refractivity contribution in [3.05, 3.63) is 50.7 Å². The van der Waals surface area contributed by atoms with Crippen LogP contribution in [-0.4, -0.2) is 0 Å². The van der Waals surface area contributed by atoms with Crippen molar-refractivity contribution in [3.63, 3.8) is 0 Å². The van der Waals surface area contributed by atoms with Crippen molar-refractivity contribution in [1.29, 1.82) is 10.5 Å². The van der Waals surface area contributed by atoms with E-state index < -0.39 is 0 Å². The van der Waals surface area contributed by atoms with E-state index in [1.165, 1.54) is 11.3 Å². The lowest BCUT2D eigenvalue weighted by Crippen LogP contribution is -1.98. The van der Waals surface area contributed by atoms with Crippen molar-refractivity contribution in [2.24, 2.45) is 0 Å². The van der Waals surface area contributed by atoms with Crippen LogP contribution in [0.1, 0.15) is 16.0 Å². The Balaban J connectivity index is 2.11. The Morgan fingerprint density at radius 2 is 1.89 bits per heavy atom. The summed E-state index contributed by atoms with van der Waals surface area (Å²) in [5.41, 5.74) is 1.59. The molecule has 0 aliphatic carbocycles. The fourth-order valence-corrected chi connectivity index (χ4v) is 2.51. The fraction of sp³-hybridized carbons (Fsp3) is 0.0769. The molecule has 0 radical (unpaired) electrons. The molecule has 2 rings (SSSR count). The average molecular weight is 274 g/mol. The Bertz CT molecular complexity index is 649. The molecule has 0 atom stereocenters. The van der Waals surface area contributed by atoms with Gasteiger partial charge in [-0.05, 0) is 30.3 Å². The number of hydrogen-bond donors (Lipinski definition) is 1. The molecule has 88 valence electrons. The smallest absolute Gasteiger partial charge is 0.101 e. The van der Waals surface area contributed by atoms with Crippen LogP contribution in [0.5, 0.6) is 0 Å². The lowest BCUT2D eigenvalue weighted by Gasteiger charge is -2.05. The molecule has 0 spiro atoms. The molecule has 1 aromatic heterocycles. The molecule has 0 aliphatic heterocycles. The third kappa shape index (κ3) is 2.81. The molecule has 2 aromatic rings. The van der Waals surface area contributed by atoms with Crippen molar-refractivity contribution in [3.8, 4) is 12.1 Å². The van der Waals surface area contributed by atoms with Crippen LogP contribution in [0.4, 0.5) is 5.69 Å². The molecule has 0 amide bonds. The van der Waals surface area contributed by atoms with Gasteiger partial charge in [-0.3, -0.25) is 0 Å². The van der Waals surface area contributed by atoms with Crippen LogP contribution < -0.4 is 5.32 Å². The van der Waals surface area contributed by atoms with Crippen LogP contribution >= 0.6 is 22.9 Å². The van der Waals surface area contributed by atoms with E-state index in [-0.39, 0.29) is 0 Å². The quantitative estimate of drug-likeness (QED) is 0.926. The van der Waals surface area contributed by atoms with E-state index in [1.807, 2.05) is 24.3 Å². The summed E-state index contributed by atoms with van der Waals surface area (Å²) in [5.74, 6) is 0. The molecule has 1 heterocycles. The fourth-order valence-electron chi connectivity index (χ4n) is 1.48. The lowest BCUT2D eigenvalue weighted by molar-refractivity contribution is 1.19. The highest BCUT2D eigenvalue weighted by molar-refractivity contribution is 7.16. The lowest BCUT2D eigenvalue weighted by atomic mass is 10.1. The Kier molecular flexibility index (Phi) is 3.84. The van der Waals surface area contributed by atoms with Gasteiger partial charge in [-0.15, -0.1) is 11.3 Å². The number of anilines is 1. The number of hydrogen-bond acceptors (Lipinski definition) is 4. The van der Waals surface area contributed by atoms with E-state index in [4.69, 9.17) is 22.1 Å². The molecule has 5 heteroatoms. The van der Waals surface area contributed by atoms with Crippen LogP contribution in [0, 0.1) is 22.7 Å². The molecular formula is C13H8ClN3S. The zero-order valence-corrected chi connectivity index (χ0v) is 10.8. The van der Waals surface area contributed by atoms with E-state index >= 15 is 0 Å². The molecule has 0 unspecified atom stereocenters. The number of halogens is 1. The molecule has 18 heavy (non-hydrogen) atoms. The first-order chi connectivity index (χ1) is 8.72. The molecule has 0 saturated heterocycles. The normalized spacial score (nSPS) is 9.50. The number of rotatable bonds is 3. The van der Waals surface area contributed by atoms with E-state index in [2.05, 4.69) is 5.32 Å². The first-order valence-corrected chi connectivity index (χ1v) is 6.34. The van der Waals surface area contributed by atoms with Crippen LogP contribution in [0.3, 0.4) is 0 Å². The Morgan fingerprint density at radius 1 is 1.11 bits per heavy atom. The van der Waals surface area contributed by atoms with Gasteiger partial charge in [-0.25, -0.2) is 0 Å². The Hall–Kier alpha value is -2.01. The maximum absolute atomic E-state index is 8.92. The number of nitriles is 2. The molecule has 3 nitrogen and oxygen atoms in total. The average Bonchev–Trinajstić information content (AvgIpc) is 2.81. The van der Waals surface area contributed by atoms with E-state index in [0.717, 1.165) is 14.9 Å². The van der Waals surface area contributed by atoms with Crippen molar-refractivity contribution < 1.29 is 0 Å². The zero-order chi connectivity index (χ0) is 13.0. The minimum atomic E-state index is 0.381. The maximum atomic E-state index is 8.92. The Labute approximate surface area is 114 Å². The van der Waals surface area contributed by atoms with Crippen molar-refractivity contribution >= 4 is 28.6 Å². The third-order valence-electron chi connectivity index (χ3n) is 2.36. The van der Waals surface area contributed by atoms with Gasteiger partial charge in [0.25, 0.3) is 0 Å². The third-order valence-corrected chi connectivity index (χ3v) is 3.59. The van der Waals surface area contributed by atoms with Crippen LogP contribution in [0.15, 0.2) is 30.3 Å². The van der Waals surface area contributed by atoms with Crippen molar-refractivity contribution in [1.82, 2.24) is 0 Å². The highest BCUT2D eigenvalue weighted by atomic mass is 35.5. The maximum Gasteiger partial charge on any atom is 0.101 e.